The van der Waals surface area contributed by atoms with E-state index in [0.717, 1.165) is 24.3 Å². The summed E-state index contributed by atoms with van der Waals surface area (Å²) in [7, 11) is -8.52. The van der Waals surface area contributed by atoms with Gasteiger partial charge in [-0.2, -0.15) is 8.42 Å². The van der Waals surface area contributed by atoms with E-state index in [0.29, 0.717) is 11.3 Å². The lowest BCUT2D eigenvalue weighted by Gasteiger charge is -2.22. The van der Waals surface area contributed by atoms with Gasteiger partial charge in [0.25, 0.3) is 10.0 Å². The summed E-state index contributed by atoms with van der Waals surface area (Å²) in [6.45, 7) is 9.31. The lowest BCUT2D eigenvalue weighted by molar-refractivity contribution is 0.579. The van der Waals surface area contributed by atoms with Crippen molar-refractivity contribution in [2.45, 2.75) is 32.6 Å². The molecule has 0 aliphatic rings. The van der Waals surface area contributed by atoms with Gasteiger partial charge in [0.05, 0.1) is 10.6 Å². The normalized spacial score (nSPS) is 12.0. The molecular formula is C18H25N3O4S2. The summed E-state index contributed by atoms with van der Waals surface area (Å²) in [5.41, 5.74) is 2.86. The summed E-state index contributed by atoms with van der Waals surface area (Å²) in [5, 5.41) is 0. The van der Waals surface area contributed by atoms with E-state index in [9.17, 15) is 16.8 Å². The third-order valence-corrected chi connectivity index (χ3v) is 7.27. The van der Waals surface area contributed by atoms with E-state index in [2.05, 4.69) is 9.62 Å². The summed E-state index contributed by atoms with van der Waals surface area (Å²) in [5.74, 6) is 0. The number of anilines is 2. The van der Waals surface area contributed by atoms with E-state index in [1.165, 1.54) is 12.1 Å². The van der Waals surface area contributed by atoms with Crippen molar-refractivity contribution in [3.63, 3.8) is 0 Å². The average molecular weight is 412 g/mol. The van der Waals surface area contributed by atoms with Crippen LogP contribution in [0.4, 0.5) is 11.4 Å². The molecule has 0 unspecified atom stereocenters. The summed E-state index contributed by atoms with van der Waals surface area (Å²) >= 11 is 0. The number of benzene rings is 2. The first-order valence-electron chi connectivity index (χ1n) is 8.56. The van der Waals surface area contributed by atoms with Gasteiger partial charge in [-0.1, -0.05) is 21.8 Å². The Labute approximate surface area is 161 Å². The van der Waals surface area contributed by atoms with Crippen molar-refractivity contribution >= 4 is 31.6 Å². The van der Waals surface area contributed by atoms with Gasteiger partial charge in [-0.05, 0) is 63.6 Å². The van der Waals surface area contributed by atoms with Crippen molar-refractivity contribution < 1.29 is 16.8 Å². The van der Waals surface area contributed by atoms with Gasteiger partial charge in [0, 0.05) is 18.8 Å². The van der Waals surface area contributed by atoms with Crippen LogP contribution in [-0.2, 0) is 20.2 Å². The summed E-state index contributed by atoms with van der Waals surface area (Å²) < 4.78 is 53.3. The number of sulfonamides is 1. The molecule has 0 amide bonds. The van der Waals surface area contributed by atoms with Crippen LogP contribution in [0.1, 0.15) is 25.0 Å². The highest BCUT2D eigenvalue weighted by atomic mass is 32.3. The number of hydrogen-bond acceptors (Lipinski definition) is 5. The quantitative estimate of drug-likeness (QED) is 0.696. The van der Waals surface area contributed by atoms with E-state index in [-0.39, 0.29) is 4.90 Å². The van der Waals surface area contributed by atoms with Crippen molar-refractivity contribution in [2.24, 2.45) is 0 Å². The maximum atomic E-state index is 12.3. The van der Waals surface area contributed by atoms with Gasteiger partial charge < -0.3 is 4.90 Å². The zero-order chi connectivity index (χ0) is 20.2. The van der Waals surface area contributed by atoms with Gasteiger partial charge in [-0.15, -0.1) is 0 Å². The molecule has 0 bridgehead atoms. The second-order valence-electron chi connectivity index (χ2n) is 6.18. The van der Waals surface area contributed by atoms with E-state index >= 15 is 0 Å². The van der Waals surface area contributed by atoms with Crippen LogP contribution in [0, 0.1) is 13.8 Å². The Hall–Kier alpha value is -2.10. The molecule has 0 fully saturated rings. The second-order valence-corrected chi connectivity index (χ2v) is 9.53. The number of nitrogens with zero attached hydrogens (tertiary/aromatic N) is 1. The van der Waals surface area contributed by atoms with Gasteiger partial charge in [-0.25, -0.2) is 8.42 Å². The molecule has 0 saturated heterocycles. The fourth-order valence-corrected chi connectivity index (χ4v) is 5.34. The van der Waals surface area contributed by atoms with Crippen LogP contribution in [-0.4, -0.2) is 29.9 Å². The van der Waals surface area contributed by atoms with Crippen LogP contribution in [0.5, 0.6) is 0 Å². The molecule has 27 heavy (non-hydrogen) atoms. The van der Waals surface area contributed by atoms with Crippen LogP contribution in [0.25, 0.3) is 0 Å². The van der Waals surface area contributed by atoms with E-state index in [1.807, 2.05) is 26.8 Å². The van der Waals surface area contributed by atoms with Crippen LogP contribution in [0.3, 0.4) is 0 Å². The van der Waals surface area contributed by atoms with Crippen molar-refractivity contribution in [3.05, 3.63) is 53.6 Å². The average Bonchev–Trinajstić information content (AvgIpc) is 2.57. The molecule has 148 valence electrons. The maximum Gasteiger partial charge on any atom is 0.312 e. The third-order valence-electron chi connectivity index (χ3n) is 4.13. The molecule has 0 aliphatic carbocycles. The minimum absolute atomic E-state index is 0.118. The van der Waals surface area contributed by atoms with Crippen LogP contribution >= 0.6 is 0 Å². The third kappa shape index (κ3) is 5.44. The molecule has 0 aliphatic heterocycles. The highest BCUT2D eigenvalue weighted by molar-refractivity contribution is 8.05. The molecule has 2 aromatic rings. The Morgan fingerprint density at radius 1 is 0.889 bits per heavy atom. The molecular weight excluding hydrogens is 386 g/mol. The Balaban J connectivity index is 2.22. The first-order valence-corrected chi connectivity index (χ1v) is 11.5. The van der Waals surface area contributed by atoms with E-state index in [4.69, 9.17) is 0 Å². The Morgan fingerprint density at radius 3 is 2.00 bits per heavy atom. The van der Waals surface area contributed by atoms with E-state index < -0.39 is 20.2 Å². The van der Waals surface area contributed by atoms with Crippen molar-refractivity contribution in [3.8, 4) is 0 Å². The topological polar surface area (TPSA) is 95.6 Å². The lowest BCUT2D eigenvalue weighted by Crippen LogP contribution is -2.35. The van der Waals surface area contributed by atoms with Crippen molar-refractivity contribution in [1.29, 1.82) is 0 Å². The van der Waals surface area contributed by atoms with Crippen LogP contribution in [0.2, 0.25) is 0 Å². The Kier molecular flexibility index (Phi) is 6.50. The molecule has 0 radical (unpaired) electrons. The minimum Gasteiger partial charge on any atom is -0.372 e. The zero-order valence-electron chi connectivity index (χ0n) is 15.9. The number of nitrogens with one attached hydrogen (secondary N) is 2. The molecule has 0 spiro atoms. The predicted molar refractivity (Wildman–Crippen MR) is 109 cm³/mol. The molecule has 0 atom stereocenters. The van der Waals surface area contributed by atoms with E-state index in [1.54, 1.807) is 35.3 Å². The number of rotatable bonds is 8. The number of hydrogen-bond donors (Lipinski definition) is 2. The highest BCUT2D eigenvalue weighted by Crippen LogP contribution is 2.23. The first kappa shape index (κ1) is 21.2. The summed E-state index contributed by atoms with van der Waals surface area (Å²) in [6, 6.07) is 11.2. The fourth-order valence-electron chi connectivity index (χ4n) is 2.62. The fraction of sp³-hybridized carbons (Fsp3) is 0.333. The van der Waals surface area contributed by atoms with Crippen molar-refractivity contribution in [1.82, 2.24) is 4.13 Å². The molecule has 9 heteroatoms. The van der Waals surface area contributed by atoms with Crippen LogP contribution in [0.15, 0.2) is 47.4 Å². The monoisotopic (exact) mass is 411 g/mol. The Bertz CT molecular complexity index is 997. The standard InChI is InChI=1S/C18H25N3O4S2/c1-5-21(6-2)16-9-12-18(15(4)13-16)19-27(24,25)20-26(22,23)17-10-7-14(3)8-11-17/h7-13,19-20H,5-6H2,1-4H3. The molecule has 2 N–H and O–H groups in total. The van der Waals surface area contributed by atoms with Gasteiger partial charge in [0.1, 0.15) is 0 Å². The molecule has 0 saturated carbocycles. The smallest absolute Gasteiger partial charge is 0.312 e. The maximum absolute atomic E-state index is 12.3. The van der Waals surface area contributed by atoms with Crippen molar-refractivity contribution in [2.75, 3.05) is 22.7 Å². The SMILES string of the molecule is CCN(CC)c1ccc(NS(=O)(=O)NS(=O)(=O)c2ccc(C)cc2)c(C)c1. The number of aryl methyl sites for hydroxylation is 2. The Morgan fingerprint density at radius 2 is 1.48 bits per heavy atom. The predicted octanol–water partition coefficient (Wildman–Crippen LogP) is 2.78. The molecule has 0 heterocycles. The zero-order valence-corrected chi connectivity index (χ0v) is 17.5. The molecule has 2 aromatic carbocycles. The molecule has 2 rings (SSSR count). The largest absolute Gasteiger partial charge is 0.372 e. The molecule has 7 nitrogen and oxygen atoms in total. The second kappa shape index (κ2) is 8.28. The van der Waals surface area contributed by atoms with Gasteiger partial charge >= 0.3 is 10.2 Å². The van der Waals surface area contributed by atoms with Gasteiger partial charge in [-0.3, -0.25) is 4.72 Å². The van der Waals surface area contributed by atoms with Crippen LogP contribution < -0.4 is 13.7 Å². The first-order chi connectivity index (χ1) is 12.6. The minimum atomic E-state index is -4.32. The van der Waals surface area contributed by atoms with Gasteiger partial charge in [0.15, 0.2) is 0 Å². The van der Waals surface area contributed by atoms with Gasteiger partial charge in [0.2, 0.25) is 0 Å². The summed E-state index contributed by atoms with van der Waals surface area (Å²) in [4.78, 5) is 2.01. The lowest BCUT2D eigenvalue weighted by atomic mass is 10.1. The highest BCUT2D eigenvalue weighted by Gasteiger charge is 2.23. The molecule has 0 aromatic heterocycles. The summed E-state index contributed by atoms with van der Waals surface area (Å²) in [6.07, 6.45) is 0.